The maximum Gasteiger partial charge on any atom is 0.325 e. The minimum Gasteiger partial charge on any atom is -0.480 e. The Kier molecular flexibility index (Phi) is 5.85. The molecule has 0 saturated carbocycles. The summed E-state index contributed by atoms with van der Waals surface area (Å²) in [6.45, 7) is 1.45. The van der Waals surface area contributed by atoms with Gasteiger partial charge in [-0.2, -0.15) is 0 Å². The number of aliphatic carboxylic acids is 1. The van der Waals surface area contributed by atoms with Gasteiger partial charge in [0.2, 0.25) is 5.91 Å². The molecule has 1 amide bonds. The minimum atomic E-state index is -1.03. The molecule has 4 nitrogen and oxygen atoms in total. The van der Waals surface area contributed by atoms with E-state index in [1.165, 1.54) is 6.92 Å². The monoisotopic (exact) mass is 313 g/mol. The lowest BCUT2D eigenvalue weighted by atomic mass is 10.00. The summed E-state index contributed by atoms with van der Waals surface area (Å²) in [5, 5.41) is 11.7. The predicted octanol–water partition coefficient (Wildman–Crippen LogP) is 1.83. The van der Waals surface area contributed by atoms with Crippen LogP contribution in [0.2, 0.25) is 0 Å². The first-order chi connectivity index (χ1) is 8.54. The van der Waals surface area contributed by atoms with Gasteiger partial charge in [0.05, 0.1) is 5.92 Å². The van der Waals surface area contributed by atoms with Gasteiger partial charge in [-0.25, -0.2) is 0 Å². The zero-order valence-electron chi connectivity index (χ0n) is 10.1. The molecule has 0 spiro atoms. The van der Waals surface area contributed by atoms with E-state index in [1.807, 2.05) is 30.3 Å². The number of amides is 1. The molecule has 1 aromatic carbocycles. The molecule has 0 aromatic heterocycles. The van der Waals surface area contributed by atoms with Gasteiger partial charge in [-0.05, 0) is 18.9 Å². The molecule has 0 aliphatic carbocycles. The Balaban J connectivity index is 2.61. The molecule has 0 radical (unpaired) electrons. The van der Waals surface area contributed by atoms with Crippen LogP contribution in [-0.4, -0.2) is 28.4 Å². The number of nitrogens with one attached hydrogen (secondary N) is 1. The van der Waals surface area contributed by atoms with Crippen LogP contribution in [0.15, 0.2) is 30.3 Å². The second-order valence-corrected chi connectivity index (χ2v) is 4.76. The van der Waals surface area contributed by atoms with Crippen molar-refractivity contribution in [2.24, 2.45) is 5.92 Å². The molecule has 98 valence electrons. The Labute approximate surface area is 115 Å². The van der Waals surface area contributed by atoms with E-state index in [0.717, 1.165) is 5.56 Å². The molecule has 0 saturated heterocycles. The highest BCUT2D eigenvalue weighted by molar-refractivity contribution is 9.09. The van der Waals surface area contributed by atoms with Gasteiger partial charge in [0.1, 0.15) is 6.04 Å². The fraction of sp³-hybridized carbons (Fsp3) is 0.385. The molecule has 1 rings (SSSR count). The average Bonchev–Trinajstić information content (AvgIpc) is 2.36. The van der Waals surface area contributed by atoms with Crippen molar-refractivity contribution in [3.63, 3.8) is 0 Å². The maximum atomic E-state index is 11.9. The van der Waals surface area contributed by atoms with Crippen LogP contribution < -0.4 is 5.32 Å². The third-order valence-electron chi connectivity index (χ3n) is 2.61. The zero-order chi connectivity index (χ0) is 13.5. The van der Waals surface area contributed by atoms with Gasteiger partial charge < -0.3 is 10.4 Å². The van der Waals surface area contributed by atoms with Crippen LogP contribution in [-0.2, 0) is 16.0 Å². The second kappa shape index (κ2) is 7.16. The molecule has 0 aliphatic rings. The summed E-state index contributed by atoms with van der Waals surface area (Å²) >= 11 is 3.29. The highest BCUT2D eigenvalue weighted by atomic mass is 79.9. The number of carbonyl (C=O) groups excluding carboxylic acids is 1. The molecule has 5 heteroatoms. The lowest BCUT2D eigenvalue weighted by Gasteiger charge is -2.16. The van der Waals surface area contributed by atoms with Crippen LogP contribution >= 0.6 is 15.9 Å². The van der Waals surface area contributed by atoms with Gasteiger partial charge in [-0.1, -0.05) is 46.3 Å². The molecule has 2 N–H and O–H groups in total. The van der Waals surface area contributed by atoms with E-state index >= 15 is 0 Å². The predicted molar refractivity (Wildman–Crippen MR) is 72.7 cm³/mol. The Hall–Kier alpha value is -1.36. The van der Waals surface area contributed by atoms with Gasteiger partial charge in [-0.3, -0.25) is 9.59 Å². The summed E-state index contributed by atoms with van der Waals surface area (Å²) in [6, 6.07) is 8.78. The molecular formula is C13H16BrNO3. The number of carboxylic acids is 1. The third kappa shape index (κ3) is 4.49. The number of benzene rings is 1. The summed E-state index contributed by atoms with van der Waals surface area (Å²) in [6.07, 6.45) is 0.588. The first kappa shape index (κ1) is 14.7. The van der Waals surface area contributed by atoms with Gasteiger partial charge in [-0.15, -0.1) is 0 Å². The van der Waals surface area contributed by atoms with Crippen molar-refractivity contribution in [2.75, 3.05) is 5.33 Å². The van der Waals surface area contributed by atoms with Gasteiger partial charge in [0, 0.05) is 5.33 Å². The van der Waals surface area contributed by atoms with Gasteiger partial charge in [0.25, 0.3) is 0 Å². The second-order valence-electron chi connectivity index (χ2n) is 4.11. The van der Waals surface area contributed by atoms with Gasteiger partial charge in [0.15, 0.2) is 0 Å². The van der Waals surface area contributed by atoms with Crippen molar-refractivity contribution < 1.29 is 14.7 Å². The number of carbonyl (C=O) groups is 2. The van der Waals surface area contributed by atoms with Crippen LogP contribution in [0.3, 0.4) is 0 Å². The number of hydrogen-bond donors (Lipinski definition) is 2. The maximum absolute atomic E-state index is 11.9. The largest absolute Gasteiger partial charge is 0.480 e. The van der Waals surface area contributed by atoms with Crippen LogP contribution in [0.25, 0.3) is 0 Å². The number of hydrogen-bond acceptors (Lipinski definition) is 2. The molecular weight excluding hydrogens is 298 g/mol. The summed E-state index contributed by atoms with van der Waals surface area (Å²) in [5.74, 6) is -1.55. The summed E-state index contributed by atoms with van der Waals surface area (Å²) in [4.78, 5) is 22.6. The Morgan fingerprint density at radius 1 is 1.33 bits per heavy atom. The van der Waals surface area contributed by atoms with Crippen molar-refractivity contribution in [1.82, 2.24) is 5.32 Å². The lowest BCUT2D eigenvalue weighted by Crippen LogP contribution is -2.42. The van der Waals surface area contributed by atoms with Gasteiger partial charge >= 0.3 is 5.97 Å². The van der Waals surface area contributed by atoms with Crippen molar-refractivity contribution in [1.29, 1.82) is 0 Å². The number of halogens is 1. The Bertz CT molecular complexity index is 408. The summed E-state index contributed by atoms with van der Waals surface area (Å²) in [5.41, 5.74) is 1.06. The van der Waals surface area contributed by atoms with E-state index in [1.54, 1.807) is 0 Å². The standard InChI is InChI=1S/C13H16BrNO3/c1-9(13(17)18)15-12(16)11(8-14)7-10-5-3-2-4-6-10/h2-6,9,11H,7-8H2,1H3,(H,15,16)(H,17,18)/t9-,11?/m1/s1. The van der Waals surface area contributed by atoms with Crippen molar-refractivity contribution in [3.05, 3.63) is 35.9 Å². The molecule has 0 aliphatic heterocycles. The normalized spacial score (nSPS) is 13.7. The molecule has 2 atom stereocenters. The summed E-state index contributed by atoms with van der Waals surface area (Å²) in [7, 11) is 0. The third-order valence-corrected chi connectivity index (χ3v) is 3.39. The highest BCUT2D eigenvalue weighted by Gasteiger charge is 2.21. The van der Waals surface area contributed by atoms with Crippen LogP contribution in [0.4, 0.5) is 0 Å². The van der Waals surface area contributed by atoms with E-state index in [9.17, 15) is 9.59 Å². The number of rotatable bonds is 6. The molecule has 0 fully saturated rings. The number of carboxylic acid groups (broad SMARTS) is 1. The summed E-state index contributed by atoms with van der Waals surface area (Å²) < 4.78 is 0. The SMILES string of the molecule is C[C@@H](NC(=O)C(CBr)Cc1ccccc1)C(=O)O. The zero-order valence-corrected chi connectivity index (χ0v) is 11.7. The quantitative estimate of drug-likeness (QED) is 0.787. The molecule has 0 bridgehead atoms. The van der Waals surface area contributed by atoms with Crippen molar-refractivity contribution >= 4 is 27.8 Å². The van der Waals surface area contributed by atoms with Crippen LogP contribution in [0, 0.1) is 5.92 Å². The fourth-order valence-corrected chi connectivity index (χ4v) is 2.03. The Morgan fingerprint density at radius 3 is 2.44 bits per heavy atom. The Morgan fingerprint density at radius 2 is 1.94 bits per heavy atom. The minimum absolute atomic E-state index is 0.245. The van der Waals surface area contributed by atoms with E-state index in [4.69, 9.17) is 5.11 Å². The fourth-order valence-electron chi connectivity index (χ4n) is 1.51. The topological polar surface area (TPSA) is 66.4 Å². The highest BCUT2D eigenvalue weighted by Crippen LogP contribution is 2.11. The van der Waals surface area contributed by atoms with E-state index in [-0.39, 0.29) is 11.8 Å². The van der Waals surface area contributed by atoms with Crippen molar-refractivity contribution in [3.8, 4) is 0 Å². The lowest BCUT2D eigenvalue weighted by molar-refractivity contribution is -0.141. The van der Waals surface area contributed by atoms with Crippen molar-refractivity contribution in [2.45, 2.75) is 19.4 Å². The number of alkyl halides is 1. The van der Waals surface area contributed by atoms with E-state index in [0.29, 0.717) is 11.8 Å². The molecule has 18 heavy (non-hydrogen) atoms. The first-order valence-corrected chi connectivity index (χ1v) is 6.79. The van der Waals surface area contributed by atoms with E-state index in [2.05, 4.69) is 21.2 Å². The first-order valence-electron chi connectivity index (χ1n) is 5.67. The smallest absolute Gasteiger partial charge is 0.325 e. The average molecular weight is 314 g/mol. The molecule has 1 aromatic rings. The van der Waals surface area contributed by atoms with Crippen LogP contribution in [0.1, 0.15) is 12.5 Å². The molecule has 0 heterocycles. The molecule has 1 unspecified atom stereocenters. The van der Waals surface area contributed by atoms with E-state index < -0.39 is 12.0 Å². The van der Waals surface area contributed by atoms with Crippen LogP contribution in [0.5, 0.6) is 0 Å².